The average molecular weight is 344 g/mol. The largest absolute Gasteiger partial charge is 0.490 e. The SMILES string of the molecule is CCC(C)Oc1ccccc1C=CC(=O)N1CCCC(NC(C)=O)C1. The first-order valence-corrected chi connectivity index (χ1v) is 8.99. The Morgan fingerprint density at radius 3 is 2.88 bits per heavy atom. The summed E-state index contributed by atoms with van der Waals surface area (Å²) in [6.07, 6.45) is 6.27. The molecular formula is C20H28N2O3. The van der Waals surface area contributed by atoms with E-state index in [1.807, 2.05) is 37.3 Å². The van der Waals surface area contributed by atoms with Crippen molar-refractivity contribution in [1.82, 2.24) is 10.2 Å². The maximum atomic E-state index is 12.5. The minimum atomic E-state index is -0.0500. The first-order chi connectivity index (χ1) is 12.0. The van der Waals surface area contributed by atoms with Crippen LogP contribution >= 0.6 is 0 Å². The summed E-state index contributed by atoms with van der Waals surface area (Å²) in [5, 5.41) is 2.90. The van der Waals surface area contributed by atoms with Crippen molar-refractivity contribution in [2.24, 2.45) is 0 Å². The number of ether oxygens (including phenoxy) is 1. The molecule has 1 fully saturated rings. The molecule has 0 saturated carbocycles. The van der Waals surface area contributed by atoms with Crippen LogP contribution in [-0.2, 0) is 9.59 Å². The molecule has 0 aliphatic carbocycles. The van der Waals surface area contributed by atoms with Gasteiger partial charge >= 0.3 is 0 Å². The van der Waals surface area contributed by atoms with Gasteiger partial charge in [0.1, 0.15) is 5.75 Å². The number of carbonyl (C=O) groups excluding carboxylic acids is 2. The van der Waals surface area contributed by atoms with Crippen LogP contribution in [0.3, 0.4) is 0 Å². The Hall–Kier alpha value is -2.30. The first kappa shape index (κ1) is 19.0. The van der Waals surface area contributed by atoms with Gasteiger partial charge in [-0.2, -0.15) is 0 Å². The van der Waals surface area contributed by atoms with E-state index in [9.17, 15) is 9.59 Å². The molecule has 0 radical (unpaired) electrons. The van der Waals surface area contributed by atoms with Crippen LogP contribution in [0.2, 0.25) is 0 Å². The van der Waals surface area contributed by atoms with Crippen molar-refractivity contribution in [3.8, 4) is 5.75 Å². The van der Waals surface area contributed by atoms with E-state index in [2.05, 4.69) is 12.2 Å². The van der Waals surface area contributed by atoms with Gasteiger partial charge in [-0.05, 0) is 38.3 Å². The van der Waals surface area contributed by atoms with Crippen molar-refractivity contribution in [1.29, 1.82) is 0 Å². The molecule has 1 heterocycles. The van der Waals surface area contributed by atoms with Crippen molar-refractivity contribution in [2.75, 3.05) is 13.1 Å². The van der Waals surface area contributed by atoms with Gasteiger partial charge in [-0.25, -0.2) is 0 Å². The molecule has 1 N–H and O–H groups in total. The van der Waals surface area contributed by atoms with Gasteiger partial charge < -0.3 is 15.0 Å². The number of carbonyl (C=O) groups is 2. The van der Waals surface area contributed by atoms with Crippen LogP contribution < -0.4 is 10.1 Å². The predicted octanol–water partition coefficient (Wildman–Crippen LogP) is 3.00. The van der Waals surface area contributed by atoms with Crippen molar-refractivity contribution in [3.63, 3.8) is 0 Å². The molecule has 1 aromatic carbocycles. The Kier molecular flexibility index (Phi) is 7.04. The molecule has 1 saturated heterocycles. The van der Waals surface area contributed by atoms with Gasteiger partial charge in [0.15, 0.2) is 0 Å². The van der Waals surface area contributed by atoms with Crippen LogP contribution in [0.5, 0.6) is 5.75 Å². The molecule has 136 valence electrons. The molecule has 5 nitrogen and oxygen atoms in total. The van der Waals surface area contributed by atoms with Gasteiger partial charge in [0.05, 0.1) is 6.10 Å². The van der Waals surface area contributed by atoms with E-state index in [4.69, 9.17) is 4.74 Å². The van der Waals surface area contributed by atoms with E-state index in [1.165, 1.54) is 6.92 Å². The summed E-state index contributed by atoms with van der Waals surface area (Å²) in [7, 11) is 0. The van der Waals surface area contributed by atoms with Gasteiger partial charge in [0, 0.05) is 37.7 Å². The second-order valence-corrected chi connectivity index (χ2v) is 6.53. The summed E-state index contributed by atoms with van der Waals surface area (Å²) in [6, 6.07) is 7.77. The van der Waals surface area contributed by atoms with Gasteiger partial charge in [-0.3, -0.25) is 9.59 Å². The number of rotatable bonds is 6. The highest BCUT2D eigenvalue weighted by Crippen LogP contribution is 2.22. The number of para-hydroxylation sites is 1. The normalized spacial score (nSPS) is 18.8. The number of piperidine rings is 1. The lowest BCUT2D eigenvalue weighted by Gasteiger charge is -2.32. The minimum Gasteiger partial charge on any atom is -0.490 e. The maximum absolute atomic E-state index is 12.5. The van der Waals surface area contributed by atoms with Gasteiger partial charge in [0.2, 0.25) is 11.8 Å². The highest BCUT2D eigenvalue weighted by molar-refractivity contribution is 5.92. The third-order valence-corrected chi connectivity index (χ3v) is 4.37. The fourth-order valence-corrected chi connectivity index (χ4v) is 2.87. The van der Waals surface area contributed by atoms with Crippen molar-refractivity contribution < 1.29 is 14.3 Å². The van der Waals surface area contributed by atoms with E-state index in [-0.39, 0.29) is 24.0 Å². The van der Waals surface area contributed by atoms with E-state index in [1.54, 1.807) is 11.0 Å². The van der Waals surface area contributed by atoms with Crippen LogP contribution in [0, 0.1) is 0 Å². The van der Waals surface area contributed by atoms with Crippen LogP contribution in [0.1, 0.15) is 45.6 Å². The summed E-state index contributed by atoms with van der Waals surface area (Å²) in [5.41, 5.74) is 0.895. The molecule has 1 aliphatic rings. The number of nitrogens with one attached hydrogen (secondary N) is 1. The van der Waals surface area contributed by atoms with Gasteiger partial charge in [0.25, 0.3) is 0 Å². The number of likely N-dealkylation sites (tertiary alicyclic amines) is 1. The van der Waals surface area contributed by atoms with E-state index in [0.29, 0.717) is 6.54 Å². The molecule has 25 heavy (non-hydrogen) atoms. The molecule has 0 aromatic heterocycles. The summed E-state index contributed by atoms with van der Waals surface area (Å²) in [4.78, 5) is 25.5. The Bertz CT molecular complexity index is 627. The molecule has 0 bridgehead atoms. The Labute approximate surface area is 150 Å². The Morgan fingerprint density at radius 1 is 1.40 bits per heavy atom. The zero-order chi connectivity index (χ0) is 18.2. The van der Waals surface area contributed by atoms with Crippen LogP contribution in [0.4, 0.5) is 0 Å². The average Bonchev–Trinajstić information content (AvgIpc) is 2.60. The summed E-state index contributed by atoms with van der Waals surface area (Å²) < 4.78 is 5.91. The van der Waals surface area contributed by atoms with E-state index >= 15 is 0 Å². The standard InChI is InChI=1S/C20H28N2O3/c1-4-15(2)25-19-10-6-5-8-17(19)11-12-20(24)22-13-7-9-18(14-22)21-16(3)23/h5-6,8,10-12,15,18H,4,7,9,13-14H2,1-3H3,(H,21,23). The van der Waals surface area contributed by atoms with E-state index < -0.39 is 0 Å². The molecule has 2 rings (SSSR count). The summed E-state index contributed by atoms with van der Waals surface area (Å²) in [5.74, 6) is 0.704. The summed E-state index contributed by atoms with van der Waals surface area (Å²) in [6.45, 7) is 6.91. The van der Waals surface area contributed by atoms with Crippen LogP contribution in [-0.4, -0.2) is 41.9 Å². The van der Waals surface area contributed by atoms with E-state index in [0.717, 1.165) is 37.1 Å². The fourth-order valence-electron chi connectivity index (χ4n) is 2.87. The zero-order valence-corrected chi connectivity index (χ0v) is 15.3. The molecule has 2 unspecified atom stereocenters. The molecular weight excluding hydrogens is 316 g/mol. The number of hydrogen-bond acceptors (Lipinski definition) is 3. The minimum absolute atomic E-state index is 0.0339. The first-order valence-electron chi connectivity index (χ1n) is 8.99. The maximum Gasteiger partial charge on any atom is 0.246 e. The lowest BCUT2D eigenvalue weighted by atomic mass is 10.1. The monoisotopic (exact) mass is 344 g/mol. The van der Waals surface area contributed by atoms with Crippen molar-refractivity contribution in [2.45, 2.75) is 52.2 Å². The molecule has 2 amide bonds. The lowest BCUT2D eigenvalue weighted by molar-refractivity contribution is -0.128. The zero-order valence-electron chi connectivity index (χ0n) is 15.3. The predicted molar refractivity (Wildman–Crippen MR) is 99.3 cm³/mol. The molecule has 1 aliphatic heterocycles. The Balaban J connectivity index is 2.01. The molecule has 1 aromatic rings. The highest BCUT2D eigenvalue weighted by Gasteiger charge is 2.22. The fraction of sp³-hybridized carbons (Fsp3) is 0.500. The van der Waals surface area contributed by atoms with Crippen LogP contribution in [0.25, 0.3) is 6.08 Å². The van der Waals surface area contributed by atoms with Crippen molar-refractivity contribution in [3.05, 3.63) is 35.9 Å². The van der Waals surface area contributed by atoms with Crippen LogP contribution in [0.15, 0.2) is 30.3 Å². The number of nitrogens with zero attached hydrogens (tertiary/aromatic N) is 1. The number of benzene rings is 1. The topological polar surface area (TPSA) is 58.6 Å². The smallest absolute Gasteiger partial charge is 0.246 e. The molecule has 0 spiro atoms. The summed E-state index contributed by atoms with van der Waals surface area (Å²) >= 11 is 0. The van der Waals surface area contributed by atoms with Gasteiger partial charge in [-0.15, -0.1) is 0 Å². The van der Waals surface area contributed by atoms with Crippen molar-refractivity contribution >= 4 is 17.9 Å². The quantitative estimate of drug-likeness (QED) is 0.807. The second kappa shape index (κ2) is 9.25. The highest BCUT2D eigenvalue weighted by atomic mass is 16.5. The Morgan fingerprint density at radius 2 is 2.16 bits per heavy atom. The molecule has 5 heteroatoms. The number of hydrogen-bond donors (Lipinski definition) is 1. The third-order valence-electron chi connectivity index (χ3n) is 4.37. The van der Waals surface area contributed by atoms with Gasteiger partial charge in [-0.1, -0.05) is 25.1 Å². The lowest BCUT2D eigenvalue weighted by Crippen LogP contribution is -2.48. The number of amides is 2. The third kappa shape index (κ3) is 5.93. The molecule has 2 atom stereocenters. The second-order valence-electron chi connectivity index (χ2n) is 6.53.